The van der Waals surface area contributed by atoms with Gasteiger partial charge < -0.3 is 10.1 Å². The summed E-state index contributed by atoms with van der Waals surface area (Å²) in [6, 6.07) is -1.28. The van der Waals surface area contributed by atoms with E-state index >= 15 is 0 Å². The minimum atomic E-state index is -3.13. The van der Waals surface area contributed by atoms with E-state index in [0.29, 0.717) is 12.5 Å². The second kappa shape index (κ2) is 5.98. The molecule has 0 aliphatic heterocycles. The number of alkyl halides is 2. The number of nitrogens with one attached hydrogen (secondary N) is 1. The van der Waals surface area contributed by atoms with Gasteiger partial charge in [0, 0.05) is 0 Å². The van der Waals surface area contributed by atoms with Crippen molar-refractivity contribution in [2.24, 2.45) is 0 Å². The maximum atomic E-state index is 13.4. The summed E-state index contributed by atoms with van der Waals surface area (Å²) in [4.78, 5) is 11.4. The summed E-state index contributed by atoms with van der Waals surface area (Å²) in [5.74, 6) is -3.13. The minimum Gasteiger partial charge on any atom is -0.444 e. The van der Waals surface area contributed by atoms with Gasteiger partial charge >= 0.3 is 6.09 Å². The molecule has 3 nitrogen and oxygen atoms in total. The fraction of sp³-hybridized carbons (Fsp3) is 0.750. The summed E-state index contributed by atoms with van der Waals surface area (Å²) >= 11 is 0. The van der Waals surface area contributed by atoms with E-state index in [0.717, 1.165) is 0 Å². The van der Waals surface area contributed by atoms with Gasteiger partial charge in [0.15, 0.2) is 0 Å². The molecule has 0 saturated carbocycles. The van der Waals surface area contributed by atoms with Gasteiger partial charge in [-0.05, 0) is 33.3 Å². The molecule has 0 radical (unpaired) electrons. The largest absolute Gasteiger partial charge is 0.444 e. The van der Waals surface area contributed by atoms with Crippen molar-refractivity contribution in [1.82, 2.24) is 5.32 Å². The first-order chi connectivity index (χ1) is 7.62. The monoisotopic (exact) mass is 249 g/mol. The van der Waals surface area contributed by atoms with E-state index in [1.54, 1.807) is 27.7 Å². The normalized spacial score (nSPS) is 14.0. The Kier molecular flexibility index (Phi) is 5.58. The fourth-order valence-corrected chi connectivity index (χ4v) is 1.24. The second-order valence-corrected chi connectivity index (χ2v) is 4.87. The summed E-state index contributed by atoms with van der Waals surface area (Å²) in [5.41, 5.74) is -0.704. The number of carbonyl (C=O) groups is 1. The molecule has 17 heavy (non-hydrogen) atoms. The number of halogens is 2. The highest BCUT2D eigenvalue weighted by atomic mass is 19.3. The van der Waals surface area contributed by atoms with Crippen LogP contribution in [0.3, 0.4) is 0 Å². The Morgan fingerprint density at radius 2 is 2.00 bits per heavy atom. The molecule has 5 heteroatoms. The summed E-state index contributed by atoms with van der Waals surface area (Å²) in [5, 5.41) is 2.18. The highest BCUT2D eigenvalue weighted by molar-refractivity contribution is 5.68. The number of ether oxygens (including phenoxy) is 1. The third-order valence-corrected chi connectivity index (χ3v) is 2.01. The van der Waals surface area contributed by atoms with Crippen LogP contribution in [0.25, 0.3) is 0 Å². The van der Waals surface area contributed by atoms with Gasteiger partial charge in [0.05, 0.1) is 6.04 Å². The van der Waals surface area contributed by atoms with Gasteiger partial charge in [-0.3, -0.25) is 0 Å². The molecule has 0 rings (SSSR count). The van der Waals surface area contributed by atoms with Crippen LogP contribution in [0.5, 0.6) is 0 Å². The Bertz CT molecular complexity index is 272. The van der Waals surface area contributed by atoms with Gasteiger partial charge in [-0.25, -0.2) is 4.79 Å². The highest BCUT2D eigenvalue weighted by Crippen LogP contribution is 2.23. The van der Waals surface area contributed by atoms with Crippen molar-refractivity contribution >= 4 is 6.09 Å². The van der Waals surface area contributed by atoms with E-state index in [4.69, 9.17) is 4.74 Å². The van der Waals surface area contributed by atoms with Crippen LogP contribution in [0.2, 0.25) is 0 Å². The molecule has 1 amide bonds. The Morgan fingerprint density at radius 1 is 1.47 bits per heavy atom. The lowest BCUT2D eigenvalue weighted by Gasteiger charge is -2.27. The molecular weight excluding hydrogens is 228 g/mol. The Balaban J connectivity index is 4.56. The summed E-state index contributed by atoms with van der Waals surface area (Å²) in [6.07, 6.45) is 0.407. The van der Waals surface area contributed by atoms with Crippen molar-refractivity contribution in [1.29, 1.82) is 0 Å². The Hall–Kier alpha value is -1.13. The smallest absolute Gasteiger partial charge is 0.408 e. The summed E-state index contributed by atoms with van der Waals surface area (Å²) < 4.78 is 31.8. The standard InChI is InChI=1S/C12H21F2NO2/c1-6-8-9(12(13,14)7-2)15-10(16)17-11(3,4)5/h7,9H,2,6,8H2,1,3-5H3,(H,15,16). The van der Waals surface area contributed by atoms with E-state index < -0.39 is 23.7 Å². The number of carbonyl (C=O) groups excluding carboxylic acids is 1. The van der Waals surface area contributed by atoms with Crippen LogP contribution in [0.15, 0.2) is 12.7 Å². The lowest BCUT2D eigenvalue weighted by atomic mass is 10.1. The number of rotatable bonds is 5. The summed E-state index contributed by atoms with van der Waals surface area (Å²) in [7, 11) is 0. The molecule has 0 fully saturated rings. The zero-order valence-corrected chi connectivity index (χ0v) is 10.8. The van der Waals surface area contributed by atoms with Crippen molar-refractivity contribution in [2.45, 2.75) is 58.1 Å². The zero-order chi connectivity index (χ0) is 13.7. The van der Waals surface area contributed by atoms with E-state index in [-0.39, 0.29) is 6.42 Å². The SMILES string of the molecule is C=CC(F)(F)C(CCC)NC(=O)OC(C)(C)C. The van der Waals surface area contributed by atoms with Crippen molar-refractivity contribution < 1.29 is 18.3 Å². The molecule has 1 atom stereocenters. The number of hydrogen-bond acceptors (Lipinski definition) is 2. The van der Waals surface area contributed by atoms with Crippen LogP contribution < -0.4 is 5.32 Å². The molecule has 0 aromatic rings. The van der Waals surface area contributed by atoms with Gasteiger partial charge in [-0.1, -0.05) is 19.9 Å². The topological polar surface area (TPSA) is 38.3 Å². The van der Waals surface area contributed by atoms with Gasteiger partial charge in [0.25, 0.3) is 5.92 Å². The molecule has 1 N–H and O–H groups in total. The molecule has 0 saturated heterocycles. The molecule has 0 aromatic heterocycles. The third-order valence-electron chi connectivity index (χ3n) is 2.01. The van der Waals surface area contributed by atoms with Crippen LogP contribution in [0.1, 0.15) is 40.5 Å². The second-order valence-electron chi connectivity index (χ2n) is 4.87. The van der Waals surface area contributed by atoms with Gasteiger partial charge in [0.1, 0.15) is 5.60 Å². The first-order valence-electron chi connectivity index (χ1n) is 5.63. The Labute approximate surface area is 101 Å². The van der Waals surface area contributed by atoms with Crippen LogP contribution in [0, 0.1) is 0 Å². The van der Waals surface area contributed by atoms with Crippen LogP contribution >= 0.6 is 0 Å². The molecule has 0 aliphatic carbocycles. The third kappa shape index (κ3) is 6.24. The van der Waals surface area contributed by atoms with Crippen molar-refractivity contribution in [3.63, 3.8) is 0 Å². The average Bonchev–Trinajstić information content (AvgIpc) is 2.14. The summed E-state index contributed by atoms with van der Waals surface area (Å²) in [6.45, 7) is 9.86. The minimum absolute atomic E-state index is 0.165. The lowest BCUT2D eigenvalue weighted by Crippen LogP contribution is -2.48. The van der Waals surface area contributed by atoms with Crippen LogP contribution in [-0.4, -0.2) is 23.7 Å². The molecule has 0 bridgehead atoms. The molecule has 0 spiro atoms. The maximum Gasteiger partial charge on any atom is 0.408 e. The van der Waals surface area contributed by atoms with E-state index in [1.807, 2.05) is 0 Å². The van der Waals surface area contributed by atoms with Crippen LogP contribution in [-0.2, 0) is 4.74 Å². The molecule has 0 aliphatic rings. The van der Waals surface area contributed by atoms with E-state index in [2.05, 4.69) is 11.9 Å². The number of hydrogen-bond donors (Lipinski definition) is 1. The first kappa shape index (κ1) is 15.9. The maximum absolute atomic E-state index is 13.4. The lowest BCUT2D eigenvalue weighted by molar-refractivity contribution is -0.00214. The first-order valence-corrected chi connectivity index (χ1v) is 5.63. The highest BCUT2D eigenvalue weighted by Gasteiger charge is 2.37. The van der Waals surface area contributed by atoms with Gasteiger partial charge in [-0.15, -0.1) is 0 Å². The molecule has 0 aromatic carbocycles. The van der Waals surface area contributed by atoms with E-state index in [1.165, 1.54) is 0 Å². The average molecular weight is 249 g/mol. The van der Waals surface area contributed by atoms with Crippen molar-refractivity contribution in [3.8, 4) is 0 Å². The number of alkyl carbamates (subject to hydrolysis) is 1. The number of amides is 1. The molecule has 0 heterocycles. The Morgan fingerprint density at radius 3 is 2.35 bits per heavy atom. The van der Waals surface area contributed by atoms with Crippen molar-refractivity contribution in [3.05, 3.63) is 12.7 Å². The molecule has 1 unspecified atom stereocenters. The zero-order valence-electron chi connectivity index (χ0n) is 10.8. The fourth-order valence-electron chi connectivity index (χ4n) is 1.24. The van der Waals surface area contributed by atoms with Crippen LogP contribution in [0.4, 0.5) is 13.6 Å². The predicted molar refractivity (Wildman–Crippen MR) is 63.2 cm³/mol. The van der Waals surface area contributed by atoms with Gasteiger partial charge in [0.2, 0.25) is 0 Å². The quantitative estimate of drug-likeness (QED) is 0.757. The molecule has 100 valence electrons. The molecular formula is C12H21F2NO2. The van der Waals surface area contributed by atoms with E-state index in [9.17, 15) is 13.6 Å². The predicted octanol–water partition coefficient (Wildman–Crippen LogP) is 3.50. The van der Waals surface area contributed by atoms with Gasteiger partial charge in [-0.2, -0.15) is 8.78 Å². The van der Waals surface area contributed by atoms with Crippen molar-refractivity contribution in [2.75, 3.05) is 0 Å².